The van der Waals surface area contributed by atoms with Gasteiger partial charge in [0.2, 0.25) is 5.88 Å². The molecule has 1 N–H and O–H groups in total. The van der Waals surface area contributed by atoms with Crippen LogP contribution in [0.3, 0.4) is 0 Å². The van der Waals surface area contributed by atoms with Crippen LogP contribution in [0.1, 0.15) is 36.6 Å². The first-order chi connectivity index (χ1) is 12.1. The SMILES string of the molecule is COc1c(CNCc2ccc(-n3cncn3)nc2)c(C(C)C)nn1C. The van der Waals surface area contributed by atoms with Crippen LogP contribution in [0.5, 0.6) is 5.88 Å². The zero-order valence-electron chi connectivity index (χ0n) is 15.0. The Kier molecular flexibility index (Phi) is 5.08. The van der Waals surface area contributed by atoms with E-state index in [1.807, 2.05) is 25.4 Å². The number of hydrogen-bond acceptors (Lipinski definition) is 6. The first kappa shape index (κ1) is 17.1. The molecule has 0 aromatic carbocycles. The molecular weight excluding hydrogens is 318 g/mol. The second kappa shape index (κ2) is 7.43. The fourth-order valence-electron chi connectivity index (χ4n) is 2.77. The van der Waals surface area contributed by atoms with Crippen LogP contribution in [-0.2, 0) is 20.1 Å². The third-order valence-corrected chi connectivity index (χ3v) is 3.95. The molecule has 0 saturated carbocycles. The molecule has 0 aliphatic rings. The summed E-state index contributed by atoms with van der Waals surface area (Å²) in [5, 5.41) is 12.1. The van der Waals surface area contributed by atoms with E-state index in [0.29, 0.717) is 19.0 Å². The first-order valence-corrected chi connectivity index (χ1v) is 8.20. The maximum atomic E-state index is 5.50. The van der Waals surface area contributed by atoms with Crippen molar-refractivity contribution in [3.8, 4) is 11.7 Å². The van der Waals surface area contributed by atoms with Crippen molar-refractivity contribution in [3.63, 3.8) is 0 Å². The number of nitrogens with zero attached hydrogens (tertiary/aromatic N) is 6. The lowest BCUT2D eigenvalue weighted by molar-refractivity contribution is 0.368. The van der Waals surface area contributed by atoms with Crippen LogP contribution in [0.2, 0.25) is 0 Å². The molecule has 3 aromatic heterocycles. The lowest BCUT2D eigenvalue weighted by atomic mass is 10.1. The number of pyridine rings is 1. The molecule has 8 heteroatoms. The topological polar surface area (TPSA) is 82.7 Å². The van der Waals surface area contributed by atoms with Gasteiger partial charge in [-0.2, -0.15) is 10.2 Å². The smallest absolute Gasteiger partial charge is 0.216 e. The van der Waals surface area contributed by atoms with Gasteiger partial charge in [-0.05, 0) is 17.5 Å². The Hall–Kier alpha value is -2.74. The molecule has 0 aliphatic carbocycles. The Balaban J connectivity index is 1.65. The molecule has 3 rings (SSSR count). The Morgan fingerprint density at radius 2 is 2.08 bits per heavy atom. The minimum atomic E-state index is 0.343. The second-order valence-electron chi connectivity index (χ2n) is 6.12. The summed E-state index contributed by atoms with van der Waals surface area (Å²) in [6, 6.07) is 3.96. The summed E-state index contributed by atoms with van der Waals surface area (Å²) in [7, 11) is 3.58. The summed E-state index contributed by atoms with van der Waals surface area (Å²) in [6.07, 6.45) is 4.96. The van der Waals surface area contributed by atoms with E-state index in [-0.39, 0.29) is 0 Å². The van der Waals surface area contributed by atoms with Crippen molar-refractivity contribution in [3.05, 3.63) is 47.8 Å². The summed E-state index contributed by atoms with van der Waals surface area (Å²) in [4.78, 5) is 8.33. The highest BCUT2D eigenvalue weighted by Gasteiger charge is 2.18. The maximum absolute atomic E-state index is 5.50. The molecule has 132 valence electrons. The summed E-state index contributed by atoms with van der Waals surface area (Å²) in [6.45, 7) is 5.67. The number of aryl methyl sites for hydroxylation is 1. The van der Waals surface area contributed by atoms with Gasteiger partial charge in [-0.15, -0.1) is 0 Å². The third kappa shape index (κ3) is 3.69. The molecular formula is C17H23N7O. The van der Waals surface area contributed by atoms with E-state index < -0.39 is 0 Å². The highest BCUT2D eigenvalue weighted by atomic mass is 16.5. The van der Waals surface area contributed by atoms with Gasteiger partial charge < -0.3 is 10.1 Å². The van der Waals surface area contributed by atoms with E-state index >= 15 is 0 Å². The number of ether oxygens (including phenoxy) is 1. The van der Waals surface area contributed by atoms with Gasteiger partial charge in [0.1, 0.15) is 12.7 Å². The largest absolute Gasteiger partial charge is 0.481 e. The van der Waals surface area contributed by atoms with Gasteiger partial charge >= 0.3 is 0 Å². The van der Waals surface area contributed by atoms with E-state index in [2.05, 4.69) is 39.3 Å². The Bertz CT molecular complexity index is 806. The van der Waals surface area contributed by atoms with Gasteiger partial charge in [0.25, 0.3) is 0 Å². The van der Waals surface area contributed by atoms with Crippen molar-refractivity contribution < 1.29 is 4.74 Å². The summed E-state index contributed by atoms with van der Waals surface area (Å²) in [5.41, 5.74) is 3.26. The predicted molar refractivity (Wildman–Crippen MR) is 93.5 cm³/mol. The number of aromatic nitrogens is 6. The van der Waals surface area contributed by atoms with Crippen LogP contribution in [0.4, 0.5) is 0 Å². The molecule has 0 radical (unpaired) electrons. The minimum absolute atomic E-state index is 0.343. The summed E-state index contributed by atoms with van der Waals surface area (Å²) < 4.78 is 8.92. The quantitative estimate of drug-likeness (QED) is 0.706. The zero-order chi connectivity index (χ0) is 17.8. The van der Waals surface area contributed by atoms with Crippen LogP contribution in [-0.4, -0.2) is 36.6 Å². The maximum Gasteiger partial charge on any atom is 0.216 e. The lowest BCUT2D eigenvalue weighted by Gasteiger charge is -2.09. The van der Waals surface area contributed by atoms with Gasteiger partial charge in [0, 0.05) is 26.3 Å². The molecule has 0 amide bonds. The van der Waals surface area contributed by atoms with Gasteiger partial charge in [0.15, 0.2) is 5.82 Å². The van der Waals surface area contributed by atoms with Crippen molar-refractivity contribution in [2.24, 2.45) is 7.05 Å². The van der Waals surface area contributed by atoms with Gasteiger partial charge in [0.05, 0.1) is 18.4 Å². The number of methoxy groups -OCH3 is 1. The number of nitrogens with one attached hydrogen (secondary N) is 1. The second-order valence-corrected chi connectivity index (χ2v) is 6.12. The van der Waals surface area contributed by atoms with E-state index in [1.54, 1.807) is 22.8 Å². The van der Waals surface area contributed by atoms with Crippen molar-refractivity contribution in [2.75, 3.05) is 7.11 Å². The van der Waals surface area contributed by atoms with E-state index in [9.17, 15) is 0 Å². The molecule has 0 spiro atoms. The van der Waals surface area contributed by atoms with E-state index in [0.717, 1.165) is 28.5 Å². The highest BCUT2D eigenvalue weighted by Crippen LogP contribution is 2.26. The van der Waals surface area contributed by atoms with Crippen molar-refractivity contribution in [1.82, 2.24) is 34.8 Å². The highest BCUT2D eigenvalue weighted by molar-refractivity contribution is 5.33. The van der Waals surface area contributed by atoms with Crippen LogP contribution >= 0.6 is 0 Å². The normalized spacial score (nSPS) is 11.2. The number of rotatable bonds is 7. The third-order valence-electron chi connectivity index (χ3n) is 3.95. The van der Waals surface area contributed by atoms with Crippen LogP contribution in [0.15, 0.2) is 31.0 Å². The van der Waals surface area contributed by atoms with Crippen LogP contribution < -0.4 is 10.1 Å². The first-order valence-electron chi connectivity index (χ1n) is 8.20. The molecule has 0 fully saturated rings. The summed E-state index contributed by atoms with van der Waals surface area (Å²) in [5.74, 6) is 1.89. The van der Waals surface area contributed by atoms with Crippen molar-refractivity contribution in [2.45, 2.75) is 32.9 Å². The van der Waals surface area contributed by atoms with E-state index in [4.69, 9.17) is 4.74 Å². The molecule has 3 heterocycles. The standard InChI is InChI=1S/C17H23N7O/c1-12(2)16-14(17(25-4)23(3)22-16)9-18-7-13-5-6-15(20-8-13)24-11-19-10-21-24/h5-6,8,10-12,18H,7,9H2,1-4H3. The molecule has 0 saturated heterocycles. The molecule has 0 unspecified atom stereocenters. The van der Waals surface area contributed by atoms with Crippen LogP contribution in [0.25, 0.3) is 5.82 Å². The minimum Gasteiger partial charge on any atom is -0.481 e. The molecule has 0 aliphatic heterocycles. The van der Waals surface area contributed by atoms with Crippen molar-refractivity contribution in [1.29, 1.82) is 0 Å². The van der Waals surface area contributed by atoms with Crippen molar-refractivity contribution >= 4 is 0 Å². The predicted octanol–water partition coefficient (Wildman–Crippen LogP) is 1.82. The molecule has 0 atom stereocenters. The van der Waals surface area contributed by atoms with Gasteiger partial charge in [-0.3, -0.25) is 0 Å². The fraction of sp³-hybridized carbons (Fsp3) is 0.412. The fourth-order valence-corrected chi connectivity index (χ4v) is 2.77. The Morgan fingerprint density at radius 1 is 1.24 bits per heavy atom. The summed E-state index contributed by atoms with van der Waals surface area (Å²) >= 11 is 0. The molecule has 8 nitrogen and oxygen atoms in total. The monoisotopic (exact) mass is 341 g/mol. The number of hydrogen-bond donors (Lipinski definition) is 1. The van der Waals surface area contributed by atoms with Gasteiger partial charge in [-0.25, -0.2) is 19.3 Å². The average Bonchev–Trinajstić information content (AvgIpc) is 3.23. The Labute approximate surface area is 146 Å². The Morgan fingerprint density at radius 3 is 2.68 bits per heavy atom. The lowest BCUT2D eigenvalue weighted by Crippen LogP contribution is -2.15. The molecule has 3 aromatic rings. The molecule has 0 bridgehead atoms. The van der Waals surface area contributed by atoms with Crippen LogP contribution in [0, 0.1) is 0 Å². The zero-order valence-corrected chi connectivity index (χ0v) is 15.0. The van der Waals surface area contributed by atoms with Gasteiger partial charge in [-0.1, -0.05) is 19.9 Å². The average molecular weight is 341 g/mol. The van der Waals surface area contributed by atoms with E-state index in [1.165, 1.54) is 6.33 Å². The molecule has 25 heavy (non-hydrogen) atoms.